The SMILES string of the molecule is CNCc1ccc(S(=O)(=O)N(C)C(C)C(C)(C)C)cc1. The van der Waals surface area contributed by atoms with Gasteiger partial charge in [0.2, 0.25) is 10.0 Å². The Morgan fingerprint density at radius 1 is 1.20 bits per heavy atom. The zero-order chi connectivity index (χ0) is 15.6. The average Bonchev–Trinajstić information content (AvgIpc) is 2.37. The van der Waals surface area contributed by atoms with Crippen molar-refractivity contribution in [2.75, 3.05) is 14.1 Å². The highest BCUT2D eigenvalue weighted by molar-refractivity contribution is 7.89. The lowest BCUT2D eigenvalue weighted by atomic mass is 9.88. The lowest BCUT2D eigenvalue weighted by Gasteiger charge is -2.34. The molecule has 1 N–H and O–H groups in total. The summed E-state index contributed by atoms with van der Waals surface area (Å²) in [6.07, 6.45) is 0. The summed E-state index contributed by atoms with van der Waals surface area (Å²) in [6, 6.07) is 6.96. The van der Waals surface area contributed by atoms with Gasteiger partial charge in [0.05, 0.1) is 4.90 Å². The van der Waals surface area contributed by atoms with Gasteiger partial charge in [-0.3, -0.25) is 0 Å². The minimum Gasteiger partial charge on any atom is -0.316 e. The van der Waals surface area contributed by atoms with Gasteiger partial charge in [0.1, 0.15) is 0 Å². The van der Waals surface area contributed by atoms with Crippen LogP contribution < -0.4 is 5.32 Å². The van der Waals surface area contributed by atoms with E-state index in [-0.39, 0.29) is 11.5 Å². The Labute approximate surface area is 123 Å². The van der Waals surface area contributed by atoms with Crippen LogP contribution in [-0.2, 0) is 16.6 Å². The van der Waals surface area contributed by atoms with Crippen molar-refractivity contribution in [2.24, 2.45) is 5.41 Å². The van der Waals surface area contributed by atoms with E-state index in [2.05, 4.69) is 5.32 Å². The van der Waals surface area contributed by atoms with Crippen LogP contribution in [0.3, 0.4) is 0 Å². The van der Waals surface area contributed by atoms with Crippen molar-refractivity contribution >= 4 is 10.0 Å². The molecule has 1 atom stereocenters. The summed E-state index contributed by atoms with van der Waals surface area (Å²) in [4.78, 5) is 0.343. The summed E-state index contributed by atoms with van der Waals surface area (Å²) in [5, 5.41) is 3.04. The van der Waals surface area contributed by atoms with Gasteiger partial charge in [-0.1, -0.05) is 32.9 Å². The first-order valence-corrected chi connectivity index (χ1v) is 8.26. The van der Waals surface area contributed by atoms with Crippen LogP contribution in [0, 0.1) is 5.41 Å². The van der Waals surface area contributed by atoms with E-state index >= 15 is 0 Å². The number of hydrogen-bond acceptors (Lipinski definition) is 3. The fourth-order valence-corrected chi connectivity index (χ4v) is 3.45. The van der Waals surface area contributed by atoms with Crippen molar-refractivity contribution < 1.29 is 8.42 Å². The van der Waals surface area contributed by atoms with Gasteiger partial charge in [-0.15, -0.1) is 0 Å². The summed E-state index contributed by atoms with van der Waals surface area (Å²) < 4.78 is 26.7. The molecule has 0 amide bonds. The molecule has 114 valence electrons. The van der Waals surface area contributed by atoms with E-state index in [1.807, 2.05) is 46.9 Å². The Bertz CT molecular complexity index is 530. The molecular weight excluding hydrogens is 272 g/mol. The maximum absolute atomic E-state index is 12.6. The molecular formula is C15H26N2O2S. The van der Waals surface area contributed by atoms with E-state index in [4.69, 9.17) is 0 Å². The summed E-state index contributed by atoms with van der Waals surface area (Å²) in [5.74, 6) is 0. The lowest BCUT2D eigenvalue weighted by molar-refractivity contribution is 0.216. The summed E-state index contributed by atoms with van der Waals surface area (Å²) in [7, 11) is 0.0700. The molecule has 0 fully saturated rings. The molecule has 0 saturated heterocycles. The third-order valence-electron chi connectivity index (χ3n) is 3.78. The number of rotatable bonds is 5. The van der Waals surface area contributed by atoms with Crippen LogP contribution in [0.4, 0.5) is 0 Å². The quantitative estimate of drug-likeness (QED) is 0.908. The highest BCUT2D eigenvalue weighted by atomic mass is 32.2. The highest BCUT2D eigenvalue weighted by Crippen LogP contribution is 2.27. The second-order valence-electron chi connectivity index (χ2n) is 6.24. The number of sulfonamides is 1. The first-order chi connectivity index (χ1) is 9.10. The molecule has 0 aliphatic heterocycles. The molecule has 5 heteroatoms. The maximum atomic E-state index is 12.6. The second kappa shape index (κ2) is 6.24. The molecule has 0 aliphatic rings. The standard InChI is InChI=1S/C15H26N2O2S/c1-12(15(2,3)4)17(6)20(18,19)14-9-7-13(8-10-14)11-16-5/h7-10,12,16H,11H2,1-6H3. The third kappa shape index (κ3) is 3.81. The first kappa shape index (κ1) is 17.1. The van der Waals surface area contributed by atoms with Gasteiger partial charge in [-0.05, 0) is 37.1 Å². The third-order valence-corrected chi connectivity index (χ3v) is 5.72. The van der Waals surface area contributed by atoms with Crippen LogP contribution in [0.2, 0.25) is 0 Å². The van der Waals surface area contributed by atoms with E-state index < -0.39 is 10.0 Å². The Balaban J connectivity index is 3.04. The van der Waals surface area contributed by atoms with Crippen molar-refractivity contribution in [3.8, 4) is 0 Å². The van der Waals surface area contributed by atoms with Crippen LogP contribution in [0.25, 0.3) is 0 Å². The Morgan fingerprint density at radius 3 is 2.10 bits per heavy atom. The number of hydrogen-bond donors (Lipinski definition) is 1. The predicted molar refractivity (Wildman–Crippen MR) is 83.1 cm³/mol. The largest absolute Gasteiger partial charge is 0.316 e. The Hall–Kier alpha value is -0.910. The van der Waals surface area contributed by atoms with E-state index in [0.29, 0.717) is 4.90 Å². The molecule has 1 rings (SSSR count). The maximum Gasteiger partial charge on any atom is 0.243 e. The molecule has 1 aromatic rings. The molecule has 0 radical (unpaired) electrons. The number of nitrogens with one attached hydrogen (secondary N) is 1. The van der Waals surface area contributed by atoms with Crippen molar-refractivity contribution in [1.29, 1.82) is 0 Å². The zero-order valence-corrected chi connectivity index (χ0v) is 14.1. The molecule has 0 spiro atoms. The van der Waals surface area contributed by atoms with Gasteiger partial charge in [0.15, 0.2) is 0 Å². The smallest absolute Gasteiger partial charge is 0.243 e. The van der Waals surface area contributed by atoms with Crippen LogP contribution in [0.1, 0.15) is 33.3 Å². The number of benzene rings is 1. The number of nitrogens with zero attached hydrogens (tertiary/aromatic N) is 1. The molecule has 0 heterocycles. The Morgan fingerprint density at radius 2 is 1.70 bits per heavy atom. The van der Waals surface area contributed by atoms with E-state index in [1.54, 1.807) is 19.2 Å². The molecule has 20 heavy (non-hydrogen) atoms. The minimum atomic E-state index is -3.44. The molecule has 0 aromatic heterocycles. The van der Waals surface area contributed by atoms with Gasteiger partial charge >= 0.3 is 0 Å². The van der Waals surface area contributed by atoms with Crippen LogP contribution in [-0.4, -0.2) is 32.9 Å². The molecule has 1 aromatic carbocycles. The first-order valence-electron chi connectivity index (χ1n) is 6.82. The fourth-order valence-electron chi connectivity index (χ4n) is 1.90. The van der Waals surface area contributed by atoms with Crippen molar-refractivity contribution in [3.63, 3.8) is 0 Å². The van der Waals surface area contributed by atoms with E-state index in [9.17, 15) is 8.42 Å². The topological polar surface area (TPSA) is 49.4 Å². The van der Waals surface area contributed by atoms with Gasteiger partial charge in [0.25, 0.3) is 0 Å². The van der Waals surface area contributed by atoms with Crippen LogP contribution in [0.5, 0.6) is 0 Å². The lowest BCUT2D eigenvalue weighted by Crippen LogP contribution is -2.42. The summed E-state index contributed by atoms with van der Waals surface area (Å²) in [6.45, 7) is 8.79. The van der Waals surface area contributed by atoms with E-state index in [0.717, 1.165) is 12.1 Å². The summed E-state index contributed by atoms with van der Waals surface area (Å²) in [5.41, 5.74) is 0.964. The highest BCUT2D eigenvalue weighted by Gasteiger charge is 2.32. The molecule has 4 nitrogen and oxygen atoms in total. The second-order valence-corrected chi connectivity index (χ2v) is 8.24. The monoisotopic (exact) mass is 298 g/mol. The van der Waals surface area contributed by atoms with Crippen molar-refractivity contribution in [1.82, 2.24) is 9.62 Å². The summed E-state index contributed by atoms with van der Waals surface area (Å²) >= 11 is 0. The molecule has 0 aliphatic carbocycles. The van der Waals surface area contributed by atoms with Gasteiger partial charge in [-0.25, -0.2) is 8.42 Å². The van der Waals surface area contributed by atoms with Crippen molar-refractivity contribution in [3.05, 3.63) is 29.8 Å². The Kier molecular flexibility index (Phi) is 5.35. The van der Waals surface area contributed by atoms with Gasteiger partial charge in [0, 0.05) is 19.6 Å². The fraction of sp³-hybridized carbons (Fsp3) is 0.600. The van der Waals surface area contributed by atoms with Gasteiger partial charge in [-0.2, -0.15) is 4.31 Å². The van der Waals surface area contributed by atoms with Crippen LogP contribution >= 0.6 is 0 Å². The average molecular weight is 298 g/mol. The van der Waals surface area contributed by atoms with Gasteiger partial charge < -0.3 is 5.32 Å². The normalized spacial score (nSPS) is 14.6. The minimum absolute atomic E-state index is 0.0792. The predicted octanol–water partition coefficient (Wildman–Crippen LogP) is 2.46. The molecule has 1 unspecified atom stereocenters. The van der Waals surface area contributed by atoms with E-state index in [1.165, 1.54) is 4.31 Å². The molecule has 0 bridgehead atoms. The zero-order valence-electron chi connectivity index (χ0n) is 13.3. The van der Waals surface area contributed by atoms with Crippen LogP contribution in [0.15, 0.2) is 29.2 Å². The van der Waals surface area contributed by atoms with Crippen molar-refractivity contribution in [2.45, 2.75) is 45.2 Å². The molecule has 0 saturated carbocycles.